The van der Waals surface area contributed by atoms with Crippen LogP contribution in [0.2, 0.25) is 0 Å². The summed E-state index contributed by atoms with van der Waals surface area (Å²) in [4.78, 5) is 11.9. The Hall–Kier alpha value is -1.81. The number of hydrogen-bond donors (Lipinski definition) is 2. The van der Waals surface area contributed by atoms with Crippen molar-refractivity contribution in [3.05, 3.63) is 41.5 Å². The highest BCUT2D eigenvalue weighted by atomic mass is 16.6. The molecule has 0 saturated heterocycles. The van der Waals surface area contributed by atoms with Gasteiger partial charge >= 0.3 is 6.09 Å². The normalized spacial score (nSPS) is 20.6. The summed E-state index contributed by atoms with van der Waals surface area (Å²) < 4.78 is 5.30. The number of fused-ring (bicyclic) bond motifs is 1. The fourth-order valence-corrected chi connectivity index (χ4v) is 3.33. The number of nitrogens with one attached hydrogen (secondary N) is 2. The molecule has 2 aliphatic rings. The van der Waals surface area contributed by atoms with Crippen molar-refractivity contribution < 1.29 is 9.53 Å². The molecule has 124 valence electrons. The molecule has 0 aromatic heterocycles. The van der Waals surface area contributed by atoms with Gasteiger partial charge in [0, 0.05) is 17.8 Å². The van der Waals surface area contributed by atoms with Crippen LogP contribution in [0, 0.1) is 0 Å². The molecule has 0 bridgehead atoms. The first-order chi connectivity index (χ1) is 10.9. The molecule has 23 heavy (non-hydrogen) atoms. The SMILES string of the molecule is CC(C)(C)OC(=O)Nc1ccc2c(c1)CCC2NC1CC=CC1. The molecule has 3 rings (SSSR count). The van der Waals surface area contributed by atoms with Crippen LogP contribution < -0.4 is 10.6 Å². The first-order valence-corrected chi connectivity index (χ1v) is 8.44. The van der Waals surface area contributed by atoms with Gasteiger partial charge < -0.3 is 10.1 Å². The maximum absolute atomic E-state index is 11.9. The minimum Gasteiger partial charge on any atom is -0.444 e. The third-order valence-corrected chi connectivity index (χ3v) is 4.31. The number of ether oxygens (including phenoxy) is 1. The quantitative estimate of drug-likeness (QED) is 0.817. The Bertz CT molecular complexity index is 608. The van der Waals surface area contributed by atoms with Gasteiger partial charge in [-0.05, 0) is 69.7 Å². The fourth-order valence-electron chi connectivity index (χ4n) is 3.33. The van der Waals surface area contributed by atoms with Gasteiger partial charge in [-0.15, -0.1) is 0 Å². The Morgan fingerprint density at radius 2 is 1.96 bits per heavy atom. The lowest BCUT2D eigenvalue weighted by atomic mass is 10.1. The predicted octanol–water partition coefficient (Wildman–Crippen LogP) is 4.33. The van der Waals surface area contributed by atoms with Gasteiger partial charge in [0.15, 0.2) is 0 Å². The summed E-state index contributed by atoms with van der Waals surface area (Å²) in [6.07, 6.45) is 8.54. The molecule has 0 radical (unpaired) electrons. The van der Waals surface area contributed by atoms with Crippen molar-refractivity contribution in [1.82, 2.24) is 5.32 Å². The Balaban J connectivity index is 1.63. The second-order valence-electron chi connectivity index (χ2n) is 7.44. The van der Waals surface area contributed by atoms with Crippen LogP contribution in [0.5, 0.6) is 0 Å². The number of carbonyl (C=O) groups is 1. The first-order valence-electron chi connectivity index (χ1n) is 8.44. The average molecular weight is 314 g/mol. The molecular formula is C19H26N2O2. The topological polar surface area (TPSA) is 50.4 Å². The van der Waals surface area contributed by atoms with E-state index in [4.69, 9.17) is 4.74 Å². The Morgan fingerprint density at radius 3 is 2.65 bits per heavy atom. The zero-order valence-corrected chi connectivity index (χ0v) is 14.2. The molecule has 0 aliphatic heterocycles. The van der Waals surface area contributed by atoms with Gasteiger partial charge in [-0.1, -0.05) is 18.2 Å². The molecule has 0 saturated carbocycles. The van der Waals surface area contributed by atoms with Crippen LogP contribution in [0.25, 0.3) is 0 Å². The van der Waals surface area contributed by atoms with Crippen LogP contribution in [0.4, 0.5) is 10.5 Å². The molecule has 1 atom stereocenters. The van der Waals surface area contributed by atoms with Crippen molar-refractivity contribution in [1.29, 1.82) is 0 Å². The second-order valence-corrected chi connectivity index (χ2v) is 7.44. The van der Waals surface area contributed by atoms with Crippen molar-refractivity contribution >= 4 is 11.8 Å². The van der Waals surface area contributed by atoms with Crippen molar-refractivity contribution in [3.63, 3.8) is 0 Å². The molecule has 4 nitrogen and oxygen atoms in total. The van der Waals surface area contributed by atoms with E-state index < -0.39 is 11.7 Å². The van der Waals surface area contributed by atoms with Crippen LogP contribution in [0.3, 0.4) is 0 Å². The molecule has 4 heteroatoms. The third-order valence-electron chi connectivity index (χ3n) is 4.31. The van der Waals surface area contributed by atoms with E-state index in [1.807, 2.05) is 26.8 Å². The summed E-state index contributed by atoms with van der Waals surface area (Å²) in [6, 6.07) is 7.19. The zero-order valence-electron chi connectivity index (χ0n) is 14.2. The smallest absolute Gasteiger partial charge is 0.412 e. The molecular weight excluding hydrogens is 288 g/mol. The van der Waals surface area contributed by atoms with E-state index in [9.17, 15) is 4.79 Å². The molecule has 1 aromatic carbocycles. The Kier molecular flexibility index (Phi) is 4.44. The van der Waals surface area contributed by atoms with Gasteiger partial charge in [-0.3, -0.25) is 5.32 Å². The molecule has 0 heterocycles. The summed E-state index contributed by atoms with van der Waals surface area (Å²) >= 11 is 0. The molecule has 0 fully saturated rings. The molecule has 2 N–H and O–H groups in total. The van der Waals surface area contributed by atoms with E-state index >= 15 is 0 Å². The van der Waals surface area contributed by atoms with Crippen LogP contribution in [0.1, 0.15) is 57.2 Å². The van der Waals surface area contributed by atoms with E-state index in [-0.39, 0.29) is 0 Å². The number of amides is 1. The van der Waals surface area contributed by atoms with Crippen molar-refractivity contribution in [2.45, 2.75) is 64.1 Å². The Labute approximate surface area is 138 Å². The number of carbonyl (C=O) groups excluding carboxylic acids is 1. The minimum atomic E-state index is -0.481. The molecule has 2 aliphatic carbocycles. The zero-order chi connectivity index (χ0) is 16.4. The molecule has 1 unspecified atom stereocenters. The largest absolute Gasteiger partial charge is 0.444 e. The molecule has 1 amide bonds. The van der Waals surface area contributed by atoms with Gasteiger partial charge in [0.1, 0.15) is 5.60 Å². The van der Waals surface area contributed by atoms with Gasteiger partial charge in [-0.25, -0.2) is 4.79 Å². The lowest BCUT2D eigenvalue weighted by Crippen LogP contribution is -2.29. The number of anilines is 1. The summed E-state index contributed by atoms with van der Waals surface area (Å²) in [5, 5.41) is 6.58. The van der Waals surface area contributed by atoms with Crippen LogP contribution in [-0.2, 0) is 11.2 Å². The lowest BCUT2D eigenvalue weighted by Gasteiger charge is -2.21. The van der Waals surface area contributed by atoms with E-state index in [1.54, 1.807) is 0 Å². The van der Waals surface area contributed by atoms with Gasteiger partial charge in [-0.2, -0.15) is 0 Å². The second kappa shape index (κ2) is 6.36. The summed E-state index contributed by atoms with van der Waals surface area (Å²) in [7, 11) is 0. The van der Waals surface area contributed by atoms with Crippen molar-refractivity contribution in [2.24, 2.45) is 0 Å². The summed E-state index contributed by atoms with van der Waals surface area (Å²) in [5.41, 5.74) is 3.01. The maximum Gasteiger partial charge on any atom is 0.412 e. The lowest BCUT2D eigenvalue weighted by molar-refractivity contribution is 0.0636. The highest BCUT2D eigenvalue weighted by Gasteiger charge is 2.25. The van der Waals surface area contributed by atoms with Crippen LogP contribution >= 0.6 is 0 Å². The van der Waals surface area contributed by atoms with E-state index in [1.165, 1.54) is 11.1 Å². The van der Waals surface area contributed by atoms with Gasteiger partial charge in [0.2, 0.25) is 0 Å². The van der Waals surface area contributed by atoms with Crippen LogP contribution in [-0.4, -0.2) is 17.7 Å². The summed E-state index contributed by atoms with van der Waals surface area (Å²) in [5.74, 6) is 0. The molecule has 0 spiro atoms. The first kappa shape index (κ1) is 16.1. The Morgan fingerprint density at radius 1 is 1.22 bits per heavy atom. The number of rotatable bonds is 3. The van der Waals surface area contributed by atoms with E-state index in [0.29, 0.717) is 12.1 Å². The predicted molar refractivity (Wildman–Crippen MR) is 92.7 cm³/mol. The third kappa shape index (κ3) is 4.14. The average Bonchev–Trinajstić information content (AvgIpc) is 3.07. The summed E-state index contributed by atoms with van der Waals surface area (Å²) in [6.45, 7) is 5.59. The molecule has 1 aromatic rings. The van der Waals surface area contributed by atoms with E-state index in [0.717, 1.165) is 31.4 Å². The number of benzene rings is 1. The van der Waals surface area contributed by atoms with Gasteiger partial charge in [0.25, 0.3) is 0 Å². The maximum atomic E-state index is 11.9. The monoisotopic (exact) mass is 314 g/mol. The van der Waals surface area contributed by atoms with E-state index in [2.05, 4.69) is 34.9 Å². The number of aryl methyl sites for hydroxylation is 1. The standard InChI is InChI=1S/C19H26N2O2/c1-19(2,3)23-18(22)21-15-9-10-16-13(12-15)8-11-17(16)20-14-6-4-5-7-14/h4-5,9-10,12,14,17,20H,6-8,11H2,1-3H3,(H,21,22). The highest BCUT2D eigenvalue weighted by molar-refractivity contribution is 5.85. The fraction of sp³-hybridized carbons (Fsp3) is 0.526. The highest BCUT2D eigenvalue weighted by Crippen LogP contribution is 2.34. The van der Waals surface area contributed by atoms with Gasteiger partial charge in [0.05, 0.1) is 0 Å². The number of hydrogen-bond acceptors (Lipinski definition) is 3. The van der Waals surface area contributed by atoms with Crippen molar-refractivity contribution in [2.75, 3.05) is 5.32 Å². The van der Waals surface area contributed by atoms with Crippen LogP contribution in [0.15, 0.2) is 30.4 Å². The van der Waals surface area contributed by atoms with Crippen molar-refractivity contribution in [3.8, 4) is 0 Å². The minimum absolute atomic E-state index is 0.401.